The van der Waals surface area contributed by atoms with E-state index < -0.39 is 11.9 Å². The first-order valence-electron chi connectivity index (χ1n) is 2.17. The van der Waals surface area contributed by atoms with Gasteiger partial charge in [-0.05, 0) is 10.6 Å². The van der Waals surface area contributed by atoms with Crippen LogP contribution >= 0.6 is 12.6 Å². The van der Waals surface area contributed by atoms with Crippen LogP contribution in [0, 0.1) is 0 Å². The maximum atomic E-state index is 10.4. The highest BCUT2D eigenvalue weighted by Crippen LogP contribution is 1.86. The number of amides is 1. The lowest BCUT2D eigenvalue weighted by atomic mass is 10.3. The number of thiol groups is 1. The molecule has 6 heteroatoms. The number of azide groups is 1. The average molecular weight is 146 g/mol. The van der Waals surface area contributed by atoms with Gasteiger partial charge in [0.25, 0.3) is 0 Å². The van der Waals surface area contributed by atoms with Gasteiger partial charge in [0.1, 0.15) is 0 Å². The molecule has 5 nitrogen and oxygen atoms in total. The van der Waals surface area contributed by atoms with E-state index in [1.165, 1.54) is 0 Å². The monoisotopic (exact) mass is 146 g/mol. The molecule has 0 aromatic rings. The topological polar surface area (TPSA) is 91.9 Å². The number of hydrogen-bond donors (Lipinski definition) is 2. The molecule has 2 N–H and O–H groups in total. The molecule has 0 saturated carbocycles. The molecule has 50 valence electrons. The third kappa shape index (κ3) is 2.97. The molecular weight excluding hydrogens is 140 g/mol. The van der Waals surface area contributed by atoms with Crippen molar-refractivity contribution < 1.29 is 4.79 Å². The Morgan fingerprint density at radius 1 is 2.00 bits per heavy atom. The van der Waals surface area contributed by atoms with Crippen LogP contribution in [0.4, 0.5) is 0 Å². The van der Waals surface area contributed by atoms with Crippen molar-refractivity contribution >= 4 is 18.5 Å². The van der Waals surface area contributed by atoms with E-state index in [0.29, 0.717) is 0 Å². The minimum atomic E-state index is -0.774. The molecule has 0 aliphatic rings. The van der Waals surface area contributed by atoms with Gasteiger partial charge in [-0.15, -0.1) is 0 Å². The van der Waals surface area contributed by atoms with Crippen LogP contribution in [-0.2, 0) is 4.79 Å². The van der Waals surface area contributed by atoms with Crippen LogP contribution in [0.5, 0.6) is 0 Å². The van der Waals surface area contributed by atoms with E-state index in [2.05, 4.69) is 22.7 Å². The molecule has 0 spiro atoms. The fourth-order valence-electron chi connectivity index (χ4n) is 0.196. The molecule has 0 fully saturated rings. The zero-order valence-corrected chi connectivity index (χ0v) is 5.45. The number of nitrogens with zero attached hydrogens (tertiary/aromatic N) is 3. The fourth-order valence-corrected chi connectivity index (χ4v) is 0.353. The number of hydrogen-bond acceptors (Lipinski definition) is 3. The minimum absolute atomic E-state index is 0.192. The molecule has 0 aromatic heterocycles. The predicted molar refractivity (Wildman–Crippen MR) is 36.0 cm³/mol. The number of nitrogens with two attached hydrogens (primary N) is 1. The fraction of sp³-hybridized carbons (Fsp3) is 0.667. The van der Waals surface area contributed by atoms with Crippen molar-refractivity contribution in [3.8, 4) is 0 Å². The zero-order valence-electron chi connectivity index (χ0n) is 4.56. The lowest BCUT2D eigenvalue weighted by molar-refractivity contribution is -0.118. The lowest BCUT2D eigenvalue weighted by Gasteiger charge is -1.98. The molecule has 0 unspecified atom stereocenters. The smallest absolute Gasteiger partial charge is 0.236 e. The van der Waals surface area contributed by atoms with Gasteiger partial charge in [-0.25, -0.2) is 0 Å². The third-order valence-electron chi connectivity index (χ3n) is 0.657. The summed E-state index contributed by atoms with van der Waals surface area (Å²) in [5.41, 5.74) is 12.8. The van der Waals surface area contributed by atoms with Crippen LogP contribution in [0.2, 0.25) is 0 Å². The molecule has 0 bridgehead atoms. The first kappa shape index (κ1) is 8.29. The maximum absolute atomic E-state index is 10.4. The summed E-state index contributed by atoms with van der Waals surface area (Å²) in [7, 11) is 0. The second-order valence-electron chi connectivity index (χ2n) is 1.32. The molecule has 0 aromatic carbocycles. The van der Waals surface area contributed by atoms with Crippen molar-refractivity contribution in [3.05, 3.63) is 10.4 Å². The molecule has 9 heavy (non-hydrogen) atoms. The predicted octanol–water partition coefficient (Wildman–Crippen LogP) is 0.0804. The highest BCUT2D eigenvalue weighted by molar-refractivity contribution is 7.80. The molecule has 1 atom stereocenters. The Morgan fingerprint density at radius 2 is 2.56 bits per heavy atom. The Morgan fingerprint density at radius 3 is 2.89 bits per heavy atom. The van der Waals surface area contributed by atoms with Gasteiger partial charge in [-0.3, -0.25) is 4.79 Å². The summed E-state index contributed by atoms with van der Waals surface area (Å²) in [5, 5.41) is 2.76. The van der Waals surface area contributed by atoms with Gasteiger partial charge in [0.15, 0.2) is 0 Å². The molecular formula is C3H6N4OS. The molecule has 0 heterocycles. The minimum Gasteiger partial charge on any atom is -0.321 e. The van der Waals surface area contributed by atoms with Crippen molar-refractivity contribution in [2.24, 2.45) is 10.8 Å². The van der Waals surface area contributed by atoms with Gasteiger partial charge in [0.05, 0.1) is 6.04 Å². The Balaban J connectivity index is 3.87. The van der Waals surface area contributed by atoms with Crippen molar-refractivity contribution in [2.75, 3.05) is 5.75 Å². The molecule has 0 aliphatic carbocycles. The summed E-state index contributed by atoms with van der Waals surface area (Å²) in [5.74, 6) is -0.481. The van der Waals surface area contributed by atoms with E-state index in [9.17, 15) is 4.79 Å². The molecule has 0 rings (SSSR count). The molecule has 0 aliphatic heterocycles. The second-order valence-corrected chi connectivity index (χ2v) is 1.68. The van der Waals surface area contributed by atoms with E-state index in [1.54, 1.807) is 0 Å². The second kappa shape index (κ2) is 4.20. The standard InChI is InChI=1S/C3H6N4OS/c4-2(1-9)3(8)6-7-5/h2,9H,1,4H2/t2-/m0/s1. The quantitative estimate of drug-likeness (QED) is 0.250. The Bertz CT molecular complexity index is 152. The lowest BCUT2D eigenvalue weighted by Crippen LogP contribution is -2.30. The summed E-state index contributed by atoms with van der Waals surface area (Å²) < 4.78 is 0. The summed E-state index contributed by atoms with van der Waals surface area (Å²) in [6.45, 7) is 0. The Labute approximate surface area is 57.3 Å². The summed E-state index contributed by atoms with van der Waals surface area (Å²) in [6.07, 6.45) is 0. The summed E-state index contributed by atoms with van der Waals surface area (Å²) >= 11 is 3.72. The first-order valence-corrected chi connectivity index (χ1v) is 2.81. The largest absolute Gasteiger partial charge is 0.321 e. The Hall–Kier alpha value is -0.710. The van der Waals surface area contributed by atoms with Gasteiger partial charge in [0, 0.05) is 10.7 Å². The van der Waals surface area contributed by atoms with Crippen LogP contribution in [0.3, 0.4) is 0 Å². The van der Waals surface area contributed by atoms with Crippen molar-refractivity contribution in [1.29, 1.82) is 0 Å². The van der Waals surface area contributed by atoms with E-state index in [1.807, 2.05) is 0 Å². The Kier molecular flexibility index (Phi) is 3.87. The summed E-state index contributed by atoms with van der Waals surface area (Å²) in [4.78, 5) is 12.6. The molecule has 1 amide bonds. The number of rotatable bonds is 2. The zero-order chi connectivity index (χ0) is 7.28. The van der Waals surface area contributed by atoms with Crippen LogP contribution in [0.15, 0.2) is 5.11 Å². The first-order chi connectivity index (χ1) is 4.22. The number of carbonyl (C=O) groups is 1. The molecule has 0 radical (unpaired) electrons. The van der Waals surface area contributed by atoms with E-state index in [0.717, 1.165) is 0 Å². The average Bonchev–Trinajstić information content (AvgIpc) is 1.87. The van der Waals surface area contributed by atoms with Crippen LogP contribution in [0.25, 0.3) is 10.4 Å². The van der Waals surface area contributed by atoms with Crippen molar-refractivity contribution in [3.63, 3.8) is 0 Å². The highest BCUT2D eigenvalue weighted by atomic mass is 32.1. The number of carbonyl (C=O) groups excluding carboxylic acids is 1. The van der Waals surface area contributed by atoms with Gasteiger partial charge < -0.3 is 5.73 Å². The van der Waals surface area contributed by atoms with Crippen molar-refractivity contribution in [1.82, 2.24) is 0 Å². The van der Waals surface area contributed by atoms with Gasteiger partial charge in [-0.1, -0.05) is 0 Å². The van der Waals surface area contributed by atoms with Gasteiger partial charge >= 0.3 is 0 Å². The van der Waals surface area contributed by atoms with E-state index >= 15 is 0 Å². The third-order valence-corrected chi connectivity index (χ3v) is 1.05. The van der Waals surface area contributed by atoms with Crippen LogP contribution in [0.1, 0.15) is 0 Å². The van der Waals surface area contributed by atoms with E-state index in [-0.39, 0.29) is 5.75 Å². The normalized spacial score (nSPS) is 11.8. The van der Waals surface area contributed by atoms with E-state index in [4.69, 9.17) is 11.3 Å². The van der Waals surface area contributed by atoms with Crippen molar-refractivity contribution in [2.45, 2.75) is 6.04 Å². The summed E-state index contributed by atoms with van der Waals surface area (Å²) in [6, 6.07) is -0.774. The highest BCUT2D eigenvalue weighted by Gasteiger charge is 2.07. The van der Waals surface area contributed by atoms with Gasteiger partial charge in [0.2, 0.25) is 5.91 Å². The van der Waals surface area contributed by atoms with Crippen LogP contribution < -0.4 is 5.73 Å². The SMILES string of the molecule is [N-]=[N+]=NC(=O)[C@@H](N)CS. The van der Waals surface area contributed by atoms with Gasteiger partial charge in [-0.2, -0.15) is 12.6 Å². The van der Waals surface area contributed by atoms with Crippen LogP contribution in [-0.4, -0.2) is 17.7 Å². The maximum Gasteiger partial charge on any atom is 0.236 e. The molecule has 0 saturated heterocycles.